The highest BCUT2D eigenvalue weighted by Crippen LogP contribution is 2.22. The fraction of sp³-hybridized carbons (Fsp3) is 0.455. The molecule has 17 heavy (non-hydrogen) atoms. The monoisotopic (exact) mass is 319 g/mol. The number of rotatable bonds is 2. The molecule has 0 aliphatic carbocycles. The fourth-order valence-electron chi connectivity index (χ4n) is 1.81. The van der Waals surface area contributed by atoms with Crippen molar-refractivity contribution in [2.75, 3.05) is 19.8 Å². The van der Waals surface area contributed by atoms with Crippen LogP contribution in [0.15, 0.2) is 33.6 Å². The summed E-state index contributed by atoms with van der Waals surface area (Å²) in [5.41, 5.74) is 0. The van der Waals surface area contributed by atoms with Crippen LogP contribution in [0, 0.1) is 0 Å². The van der Waals surface area contributed by atoms with Crippen molar-refractivity contribution in [1.29, 1.82) is 0 Å². The van der Waals surface area contributed by atoms with Gasteiger partial charge in [0.15, 0.2) is 0 Å². The number of hydrogen-bond donors (Lipinski definition) is 0. The second-order valence-corrected chi connectivity index (χ2v) is 6.80. The van der Waals surface area contributed by atoms with E-state index in [1.165, 1.54) is 4.31 Å². The lowest BCUT2D eigenvalue weighted by molar-refractivity contribution is 0.0393. The molecule has 4 nitrogen and oxygen atoms in total. The predicted molar refractivity (Wildman–Crippen MR) is 68.3 cm³/mol. The van der Waals surface area contributed by atoms with Gasteiger partial charge in [0, 0.05) is 17.1 Å². The molecular weight excluding hydrogens is 306 g/mol. The fourth-order valence-corrected chi connectivity index (χ4v) is 3.68. The zero-order valence-electron chi connectivity index (χ0n) is 9.47. The largest absolute Gasteiger partial charge is 0.378 e. The Morgan fingerprint density at radius 2 is 2.00 bits per heavy atom. The van der Waals surface area contributed by atoms with E-state index in [4.69, 9.17) is 4.74 Å². The Hall–Kier alpha value is -0.430. The normalized spacial score (nSPS) is 22.6. The minimum atomic E-state index is -3.40. The Kier molecular flexibility index (Phi) is 3.87. The van der Waals surface area contributed by atoms with Gasteiger partial charge in [-0.15, -0.1) is 0 Å². The molecule has 1 aromatic carbocycles. The van der Waals surface area contributed by atoms with Gasteiger partial charge in [-0.1, -0.05) is 15.9 Å². The van der Waals surface area contributed by atoms with Gasteiger partial charge in [0.05, 0.1) is 18.1 Å². The summed E-state index contributed by atoms with van der Waals surface area (Å²) in [4.78, 5) is 0.328. The highest BCUT2D eigenvalue weighted by atomic mass is 79.9. The smallest absolute Gasteiger partial charge is 0.243 e. The van der Waals surface area contributed by atoms with Crippen LogP contribution >= 0.6 is 15.9 Å². The van der Waals surface area contributed by atoms with Crippen molar-refractivity contribution in [2.24, 2.45) is 0 Å². The molecule has 0 N–H and O–H groups in total. The van der Waals surface area contributed by atoms with E-state index in [0.717, 1.165) is 4.47 Å². The van der Waals surface area contributed by atoms with Gasteiger partial charge in [-0.2, -0.15) is 4.31 Å². The first kappa shape index (κ1) is 13.0. The van der Waals surface area contributed by atoms with Crippen molar-refractivity contribution in [1.82, 2.24) is 4.31 Å². The molecule has 1 fully saturated rings. The van der Waals surface area contributed by atoms with E-state index in [-0.39, 0.29) is 6.04 Å². The molecule has 0 radical (unpaired) electrons. The van der Waals surface area contributed by atoms with Gasteiger partial charge in [-0.25, -0.2) is 8.42 Å². The van der Waals surface area contributed by atoms with Gasteiger partial charge >= 0.3 is 0 Å². The molecule has 1 aliphatic rings. The van der Waals surface area contributed by atoms with Gasteiger partial charge in [0.2, 0.25) is 10.0 Å². The zero-order valence-corrected chi connectivity index (χ0v) is 11.9. The second kappa shape index (κ2) is 5.06. The molecule has 0 amide bonds. The van der Waals surface area contributed by atoms with E-state index in [1.54, 1.807) is 24.3 Å². The third-order valence-corrected chi connectivity index (χ3v) is 5.28. The number of hydrogen-bond acceptors (Lipinski definition) is 3. The van der Waals surface area contributed by atoms with Crippen LogP contribution in [0.25, 0.3) is 0 Å². The van der Waals surface area contributed by atoms with Gasteiger partial charge in [0.1, 0.15) is 0 Å². The zero-order chi connectivity index (χ0) is 12.5. The highest BCUT2D eigenvalue weighted by molar-refractivity contribution is 9.10. The summed E-state index contributed by atoms with van der Waals surface area (Å²) in [5.74, 6) is 0. The average Bonchev–Trinajstić information content (AvgIpc) is 2.30. The molecule has 0 spiro atoms. The molecule has 1 saturated heterocycles. The minimum Gasteiger partial charge on any atom is -0.378 e. The van der Waals surface area contributed by atoms with Crippen molar-refractivity contribution in [3.63, 3.8) is 0 Å². The highest BCUT2D eigenvalue weighted by Gasteiger charge is 2.31. The van der Waals surface area contributed by atoms with E-state index in [9.17, 15) is 8.42 Å². The van der Waals surface area contributed by atoms with Crippen LogP contribution in [0.3, 0.4) is 0 Å². The summed E-state index contributed by atoms with van der Waals surface area (Å²) in [7, 11) is -3.40. The molecule has 2 rings (SSSR count). The molecule has 6 heteroatoms. The van der Waals surface area contributed by atoms with Crippen molar-refractivity contribution < 1.29 is 13.2 Å². The lowest BCUT2D eigenvalue weighted by Crippen LogP contribution is -2.46. The van der Waals surface area contributed by atoms with E-state index >= 15 is 0 Å². The Morgan fingerprint density at radius 3 is 2.59 bits per heavy atom. The van der Waals surface area contributed by atoms with Crippen LogP contribution < -0.4 is 0 Å². The predicted octanol–water partition coefficient (Wildman–Crippen LogP) is 1.86. The number of halogens is 1. The molecule has 1 atom stereocenters. The van der Waals surface area contributed by atoms with Gasteiger partial charge in [0.25, 0.3) is 0 Å². The van der Waals surface area contributed by atoms with Crippen LogP contribution in [-0.2, 0) is 14.8 Å². The standard InChI is InChI=1S/C11H14BrNO3S/c1-9-8-16-7-6-13(9)17(14,15)11-4-2-10(12)3-5-11/h2-5,9H,6-8H2,1H3/t9-/m1/s1. The van der Waals surface area contributed by atoms with E-state index in [2.05, 4.69) is 15.9 Å². The first-order valence-electron chi connectivity index (χ1n) is 5.37. The number of morpholine rings is 1. The van der Waals surface area contributed by atoms with Gasteiger partial charge in [-0.3, -0.25) is 0 Å². The minimum absolute atomic E-state index is 0.114. The van der Waals surface area contributed by atoms with E-state index in [0.29, 0.717) is 24.7 Å². The first-order chi connectivity index (χ1) is 8.01. The van der Waals surface area contributed by atoms with Crippen LogP contribution in [-0.4, -0.2) is 38.5 Å². The van der Waals surface area contributed by atoms with Gasteiger partial charge < -0.3 is 4.74 Å². The van der Waals surface area contributed by atoms with Crippen molar-refractivity contribution in [3.05, 3.63) is 28.7 Å². The molecule has 1 aromatic rings. The maximum Gasteiger partial charge on any atom is 0.243 e. The Morgan fingerprint density at radius 1 is 1.35 bits per heavy atom. The number of nitrogens with zero attached hydrogens (tertiary/aromatic N) is 1. The molecule has 1 aliphatic heterocycles. The second-order valence-electron chi connectivity index (χ2n) is 3.99. The van der Waals surface area contributed by atoms with E-state index in [1.807, 2.05) is 6.92 Å². The first-order valence-corrected chi connectivity index (χ1v) is 7.60. The lowest BCUT2D eigenvalue weighted by Gasteiger charge is -2.32. The molecule has 1 heterocycles. The number of benzene rings is 1. The third kappa shape index (κ3) is 2.70. The van der Waals surface area contributed by atoms with Crippen LogP contribution in [0.2, 0.25) is 0 Å². The maximum absolute atomic E-state index is 12.4. The van der Waals surface area contributed by atoms with Gasteiger partial charge in [-0.05, 0) is 31.2 Å². The molecule has 0 saturated carbocycles. The van der Waals surface area contributed by atoms with Crippen LogP contribution in [0.1, 0.15) is 6.92 Å². The maximum atomic E-state index is 12.4. The Balaban J connectivity index is 2.32. The summed E-state index contributed by atoms with van der Waals surface area (Å²) in [6.45, 7) is 3.19. The van der Waals surface area contributed by atoms with E-state index < -0.39 is 10.0 Å². The summed E-state index contributed by atoms with van der Waals surface area (Å²) in [6.07, 6.45) is 0. The van der Waals surface area contributed by atoms with Crippen molar-refractivity contribution in [2.45, 2.75) is 17.9 Å². The average molecular weight is 320 g/mol. The topological polar surface area (TPSA) is 46.6 Å². The molecule has 94 valence electrons. The molecule has 0 unspecified atom stereocenters. The number of ether oxygens (including phenoxy) is 1. The SMILES string of the molecule is C[C@@H]1COCCN1S(=O)(=O)c1ccc(Br)cc1. The molecule has 0 aromatic heterocycles. The summed E-state index contributed by atoms with van der Waals surface area (Å²) >= 11 is 3.29. The Labute approximate surface area is 110 Å². The summed E-state index contributed by atoms with van der Waals surface area (Å²) in [6, 6.07) is 6.58. The third-order valence-electron chi connectivity index (χ3n) is 2.73. The Bertz CT molecular complexity index is 486. The lowest BCUT2D eigenvalue weighted by atomic mass is 10.3. The summed E-state index contributed by atoms with van der Waals surface area (Å²) in [5, 5.41) is 0. The van der Waals surface area contributed by atoms with Crippen molar-refractivity contribution in [3.8, 4) is 0 Å². The summed E-state index contributed by atoms with van der Waals surface area (Å²) < 4.78 is 32.3. The van der Waals surface area contributed by atoms with Crippen molar-refractivity contribution >= 4 is 26.0 Å². The quantitative estimate of drug-likeness (QED) is 0.836. The molecular formula is C11H14BrNO3S. The molecule has 0 bridgehead atoms. The van der Waals surface area contributed by atoms with Crippen LogP contribution in [0.5, 0.6) is 0 Å². The van der Waals surface area contributed by atoms with Crippen LogP contribution in [0.4, 0.5) is 0 Å². The number of sulfonamides is 1.